The Kier molecular flexibility index (Phi) is 5.64. The summed E-state index contributed by atoms with van der Waals surface area (Å²) in [5.74, 6) is -0.218. The Morgan fingerprint density at radius 2 is 1.72 bits per heavy atom. The lowest BCUT2D eigenvalue weighted by Crippen LogP contribution is -2.36. The van der Waals surface area contributed by atoms with Gasteiger partial charge < -0.3 is 15.0 Å². The molecule has 4 nitrogen and oxygen atoms in total. The van der Waals surface area contributed by atoms with Crippen molar-refractivity contribution in [2.75, 3.05) is 31.6 Å². The quantitative estimate of drug-likeness (QED) is 0.406. The summed E-state index contributed by atoms with van der Waals surface area (Å²) in [4.78, 5) is 5.39. The van der Waals surface area contributed by atoms with Crippen LogP contribution in [0.15, 0.2) is 60.7 Å². The van der Waals surface area contributed by atoms with Gasteiger partial charge in [-0.3, -0.25) is 4.90 Å². The number of hydrogen-bond acceptors (Lipinski definition) is 3. The number of nitrogens with one attached hydrogen (secondary N) is 2. The number of nitrogens with zero attached hydrogens (tertiary/aromatic N) is 1. The highest BCUT2D eigenvalue weighted by atomic mass is 19.1. The number of fused-ring (bicyclic) bond motifs is 1. The van der Waals surface area contributed by atoms with Crippen molar-refractivity contribution in [3.05, 3.63) is 83.4 Å². The molecule has 1 fully saturated rings. The van der Waals surface area contributed by atoms with Crippen LogP contribution in [-0.4, -0.2) is 36.2 Å². The summed E-state index contributed by atoms with van der Waals surface area (Å²) in [6.07, 6.45) is 0. The SMILES string of the molecule is Cc1cccc(Nc2cc3cccc(-c4cc(F)c(CN5CCOCC5)c(F)c4)c3[nH]2)c1. The third kappa shape index (κ3) is 4.24. The summed E-state index contributed by atoms with van der Waals surface area (Å²) in [5, 5.41) is 4.34. The zero-order valence-corrected chi connectivity index (χ0v) is 17.9. The molecular weight excluding hydrogens is 408 g/mol. The second-order valence-corrected chi connectivity index (χ2v) is 8.25. The maximum Gasteiger partial charge on any atom is 0.131 e. The standard InChI is InChI=1S/C26H25F2N3O/c1-17-4-2-6-20(12-17)29-25-15-18-5-3-7-21(26(18)30-25)19-13-23(27)22(24(28)14-19)16-31-8-10-32-11-9-31/h2-7,12-15,29-30H,8-11,16H2,1H3. The molecule has 5 rings (SSSR count). The van der Waals surface area contributed by atoms with Crippen LogP contribution >= 0.6 is 0 Å². The van der Waals surface area contributed by atoms with Gasteiger partial charge in [0.05, 0.1) is 18.7 Å². The number of aromatic amines is 1. The number of anilines is 2. The second-order valence-electron chi connectivity index (χ2n) is 8.25. The number of halogens is 2. The van der Waals surface area contributed by atoms with E-state index in [4.69, 9.17) is 4.74 Å². The fourth-order valence-corrected chi connectivity index (χ4v) is 4.23. The highest BCUT2D eigenvalue weighted by molar-refractivity contribution is 5.96. The van der Waals surface area contributed by atoms with Crippen LogP contribution in [0.4, 0.5) is 20.3 Å². The van der Waals surface area contributed by atoms with E-state index in [2.05, 4.69) is 16.4 Å². The van der Waals surface area contributed by atoms with Gasteiger partial charge in [-0.05, 0) is 48.4 Å². The molecular formula is C26H25F2N3O. The van der Waals surface area contributed by atoms with Crippen LogP contribution in [0.1, 0.15) is 11.1 Å². The van der Waals surface area contributed by atoms with Gasteiger partial charge in [0.1, 0.15) is 17.5 Å². The monoisotopic (exact) mass is 433 g/mol. The van der Waals surface area contributed by atoms with Crippen molar-refractivity contribution in [1.82, 2.24) is 9.88 Å². The Hall–Kier alpha value is -3.22. The van der Waals surface area contributed by atoms with Crippen LogP contribution in [0, 0.1) is 18.6 Å². The molecule has 0 radical (unpaired) electrons. The van der Waals surface area contributed by atoms with Gasteiger partial charge in [0.2, 0.25) is 0 Å². The molecule has 164 valence electrons. The highest BCUT2D eigenvalue weighted by Crippen LogP contribution is 2.33. The first-order valence-electron chi connectivity index (χ1n) is 10.8. The van der Waals surface area contributed by atoms with Gasteiger partial charge in [0.25, 0.3) is 0 Å². The number of aromatic nitrogens is 1. The molecule has 1 saturated heterocycles. The van der Waals surface area contributed by atoms with E-state index in [1.165, 1.54) is 12.1 Å². The summed E-state index contributed by atoms with van der Waals surface area (Å²) in [6.45, 7) is 4.83. The third-order valence-electron chi connectivity index (χ3n) is 5.89. The summed E-state index contributed by atoms with van der Waals surface area (Å²) >= 11 is 0. The Morgan fingerprint density at radius 1 is 0.969 bits per heavy atom. The minimum absolute atomic E-state index is 0.108. The van der Waals surface area contributed by atoms with Gasteiger partial charge >= 0.3 is 0 Å². The first kappa shape index (κ1) is 20.7. The van der Waals surface area contributed by atoms with Crippen molar-refractivity contribution in [2.24, 2.45) is 0 Å². The van der Waals surface area contributed by atoms with Crippen LogP contribution in [-0.2, 0) is 11.3 Å². The maximum atomic E-state index is 15.0. The Morgan fingerprint density at radius 3 is 2.47 bits per heavy atom. The molecule has 3 aromatic carbocycles. The fourth-order valence-electron chi connectivity index (χ4n) is 4.23. The van der Waals surface area contributed by atoms with Crippen molar-refractivity contribution >= 4 is 22.4 Å². The van der Waals surface area contributed by atoms with E-state index in [0.29, 0.717) is 31.9 Å². The van der Waals surface area contributed by atoms with Crippen molar-refractivity contribution < 1.29 is 13.5 Å². The summed E-state index contributed by atoms with van der Waals surface area (Å²) < 4.78 is 35.2. The molecule has 0 saturated carbocycles. The molecule has 0 amide bonds. The van der Waals surface area contributed by atoms with Crippen molar-refractivity contribution in [3.8, 4) is 11.1 Å². The molecule has 6 heteroatoms. The minimum atomic E-state index is -0.520. The summed E-state index contributed by atoms with van der Waals surface area (Å²) in [5.41, 5.74) is 4.35. The number of hydrogen-bond donors (Lipinski definition) is 2. The lowest BCUT2D eigenvalue weighted by molar-refractivity contribution is 0.0332. The van der Waals surface area contributed by atoms with E-state index in [1.807, 2.05) is 54.3 Å². The Bertz CT molecular complexity index is 1240. The minimum Gasteiger partial charge on any atom is -0.379 e. The third-order valence-corrected chi connectivity index (χ3v) is 5.89. The van der Waals surface area contributed by atoms with Crippen molar-refractivity contribution in [1.29, 1.82) is 0 Å². The van der Waals surface area contributed by atoms with Gasteiger partial charge in [0.15, 0.2) is 0 Å². The highest BCUT2D eigenvalue weighted by Gasteiger charge is 2.18. The van der Waals surface area contributed by atoms with Gasteiger partial charge in [-0.2, -0.15) is 0 Å². The molecule has 4 aromatic rings. The molecule has 32 heavy (non-hydrogen) atoms. The average Bonchev–Trinajstić information content (AvgIpc) is 3.19. The van der Waals surface area contributed by atoms with E-state index in [9.17, 15) is 8.78 Å². The molecule has 1 aromatic heterocycles. The lowest BCUT2D eigenvalue weighted by atomic mass is 10.0. The number of para-hydroxylation sites is 1. The van der Waals surface area contributed by atoms with Crippen LogP contribution in [0.25, 0.3) is 22.0 Å². The summed E-state index contributed by atoms with van der Waals surface area (Å²) in [7, 11) is 0. The van der Waals surface area contributed by atoms with E-state index < -0.39 is 11.6 Å². The molecule has 2 N–H and O–H groups in total. The van der Waals surface area contributed by atoms with Gasteiger partial charge in [-0.25, -0.2) is 8.78 Å². The zero-order valence-electron chi connectivity index (χ0n) is 17.9. The number of rotatable bonds is 5. The predicted octanol–water partition coefficient (Wildman–Crippen LogP) is 6.00. The number of H-pyrrole nitrogens is 1. The topological polar surface area (TPSA) is 40.3 Å². The first-order chi connectivity index (χ1) is 15.6. The van der Waals surface area contributed by atoms with Crippen molar-refractivity contribution in [3.63, 3.8) is 0 Å². The molecule has 0 bridgehead atoms. The predicted molar refractivity (Wildman–Crippen MR) is 124 cm³/mol. The molecule has 0 aliphatic carbocycles. The van der Waals surface area contributed by atoms with Gasteiger partial charge in [0, 0.05) is 41.8 Å². The average molecular weight is 434 g/mol. The lowest BCUT2D eigenvalue weighted by Gasteiger charge is -2.27. The van der Waals surface area contributed by atoms with Crippen molar-refractivity contribution in [2.45, 2.75) is 13.5 Å². The number of morpholine rings is 1. The van der Waals surface area contributed by atoms with E-state index in [-0.39, 0.29) is 12.1 Å². The van der Waals surface area contributed by atoms with E-state index in [1.54, 1.807) is 0 Å². The fraction of sp³-hybridized carbons (Fsp3) is 0.231. The van der Waals surface area contributed by atoms with Gasteiger partial charge in [-0.1, -0.05) is 30.3 Å². The van der Waals surface area contributed by atoms with Gasteiger partial charge in [-0.15, -0.1) is 0 Å². The Labute approximate surface area is 185 Å². The first-order valence-corrected chi connectivity index (χ1v) is 10.8. The smallest absolute Gasteiger partial charge is 0.131 e. The number of benzene rings is 3. The largest absolute Gasteiger partial charge is 0.379 e. The second kappa shape index (κ2) is 8.73. The molecule has 1 aliphatic heterocycles. The number of ether oxygens (including phenoxy) is 1. The Balaban J connectivity index is 1.46. The van der Waals surface area contributed by atoms with E-state index in [0.717, 1.165) is 33.5 Å². The maximum absolute atomic E-state index is 15.0. The summed E-state index contributed by atoms with van der Waals surface area (Å²) in [6, 6.07) is 18.7. The molecule has 1 aliphatic rings. The zero-order chi connectivity index (χ0) is 22.1. The van der Waals surface area contributed by atoms with Crippen LogP contribution in [0.3, 0.4) is 0 Å². The molecule has 0 unspecified atom stereocenters. The van der Waals surface area contributed by atoms with Crippen LogP contribution < -0.4 is 5.32 Å². The molecule has 0 atom stereocenters. The van der Waals surface area contributed by atoms with Crippen LogP contribution in [0.5, 0.6) is 0 Å². The normalized spacial score (nSPS) is 14.7. The number of aryl methyl sites for hydroxylation is 1. The van der Waals surface area contributed by atoms with E-state index >= 15 is 0 Å². The van der Waals surface area contributed by atoms with Crippen LogP contribution in [0.2, 0.25) is 0 Å². The molecule has 2 heterocycles. The molecule has 0 spiro atoms.